The number of amides is 2. The van der Waals surface area contributed by atoms with Gasteiger partial charge < -0.3 is 10.2 Å². The largest absolute Gasteiger partial charge is 0.354 e. The summed E-state index contributed by atoms with van der Waals surface area (Å²) in [6.45, 7) is 9.66. The number of sulfonamides is 1. The highest BCUT2D eigenvalue weighted by atomic mass is 32.2. The van der Waals surface area contributed by atoms with Gasteiger partial charge in [-0.1, -0.05) is 61.4 Å². The van der Waals surface area contributed by atoms with Gasteiger partial charge in [-0.15, -0.1) is 0 Å². The van der Waals surface area contributed by atoms with E-state index in [0.717, 1.165) is 45.7 Å². The Labute approximate surface area is 204 Å². The van der Waals surface area contributed by atoms with Gasteiger partial charge in [0.1, 0.15) is 12.6 Å². The molecule has 0 saturated carbocycles. The lowest BCUT2D eigenvalue weighted by atomic mass is 10.1. The molecule has 2 amide bonds. The molecule has 0 bridgehead atoms. The minimum absolute atomic E-state index is 0.202. The smallest absolute Gasteiger partial charge is 0.244 e. The molecule has 0 spiro atoms. The van der Waals surface area contributed by atoms with Crippen molar-refractivity contribution in [3.05, 3.63) is 64.7 Å². The average Bonchev–Trinajstić information content (AvgIpc) is 2.75. The third-order valence-corrected chi connectivity index (χ3v) is 6.91. The highest BCUT2D eigenvalue weighted by Gasteiger charge is 2.31. The van der Waals surface area contributed by atoms with Crippen molar-refractivity contribution in [2.75, 3.05) is 23.7 Å². The molecule has 186 valence electrons. The summed E-state index contributed by atoms with van der Waals surface area (Å²) in [4.78, 5) is 27.9. The van der Waals surface area contributed by atoms with E-state index in [9.17, 15) is 18.0 Å². The van der Waals surface area contributed by atoms with Gasteiger partial charge >= 0.3 is 0 Å². The SMILES string of the molecule is CCCCNC(=O)[C@H](C)N(Cc1cccc(C)c1)C(=O)CN(c1c(C)cccc1C)S(C)(=O)=O. The Kier molecular flexibility index (Phi) is 9.67. The molecule has 8 heteroatoms. The molecule has 0 saturated heterocycles. The van der Waals surface area contributed by atoms with Crippen LogP contribution < -0.4 is 9.62 Å². The molecule has 34 heavy (non-hydrogen) atoms. The van der Waals surface area contributed by atoms with E-state index in [1.807, 2.05) is 70.2 Å². The second-order valence-corrected chi connectivity index (χ2v) is 10.7. The van der Waals surface area contributed by atoms with E-state index in [0.29, 0.717) is 12.2 Å². The Hall–Kier alpha value is -2.87. The zero-order valence-electron chi connectivity index (χ0n) is 21.1. The monoisotopic (exact) mass is 487 g/mol. The first-order valence-electron chi connectivity index (χ1n) is 11.6. The second kappa shape index (κ2) is 12.0. The van der Waals surface area contributed by atoms with E-state index in [1.54, 1.807) is 6.92 Å². The Morgan fingerprint density at radius 3 is 2.21 bits per heavy atom. The van der Waals surface area contributed by atoms with Gasteiger partial charge in [0.25, 0.3) is 0 Å². The van der Waals surface area contributed by atoms with E-state index < -0.39 is 22.0 Å². The maximum absolute atomic E-state index is 13.6. The van der Waals surface area contributed by atoms with Crippen molar-refractivity contribution < 1.29 is 18.0 Å². The van der Waals surface area contributed by atoms with Crippen LogP contribution in [0.2, 0.25) is 0 Å². The highest BCUT2D eigenvalue weighted by molar-refractivity contribution is 7.92. The number of rotatable bonds is 11. The Bertz CT molecular complexity index is 1090. The first-order valence-corrected chi connectivity index (χ1v) is 13.5. The molecule has 0 fully saturated rings. The fraction of sp³-hybridized carbons (Fsp3) is 0.462. The lowest BCUT2D eigenvalue weighted by Gasteiger charge is -2.32. The predicted molar refractivity (Wildman–Crippen MR) is 137 cm³/mol. The van der Waals surface area contributed by atoms with Crippen LogP contribution in [0.1, 0.15) is 48.9 Å². The van der Waals surface area contributed by atoms with Crippen LogP contribution >= 0.6 is 0 Å². The summed E-state index contributed by atoms with van der Waals surface area (Å²) in [6.07, 6.45) is 2.89. The molecule has 1 atom stereocenters. The molecular weight excluding hydrogens is 450 g/mol. The number of carbonyl (C=O) groups excluding carboxylic acids is 2. The van der Waals surface area contributed by atoms with Crippen molar-refractivity contribution >= 4 is 27.5 Å². The van der Waals surface area contributed by atoms with Gasteiger partial charge in [-0.2, -0.15) is 0 Å². The molecule has 0 heterocycles. The summed E-state index contributed by atoms with van der Waals surface area (Å²) in [5.41, 5.74) is 3.93. The van der Waals surface area contributed by atoms with Crippen LogP contribution in [0.15, 0.2) is 42.5 Å². The van der Waals surface area contributed by atoms with Crippen LogP contribution in [0.25, 0.3) is 0 Å². The zero-order chi connectivity index (χ0) is 25.5. The molecule has 2 rings (SSSR count). The molecule has 2 aromatic rings. The van der Waals surface area contributed by atoms with Crippen molar-refractivity contribution in [1.82, 2.24) is 10.2 Å². The fourth-order valence-electron chi connectivity index (χ4n) is 3.90. The van der Waals surface area contributed by atoms with E-state index in [1.165, 1.54) is 4.90 Å². The predicted octanol–water partition coefficient (Wildman–Crippen LogP) is 3.71. The number of hydrogen-bond acceptors (Lipinski definition) is 4. The first kappa shape index (κ1) is 27.4. The van der Waals surface area contributed by atoms with Crippen molar-refractivity contribution in [1.29, 1.82) is 0 Å². The van der Waals surface area contributed by atoms with Crippen LogP contribution in [0, 0.1) is 20.8 Å². The third kappa shape index (κ3) is 7.32. The van der Waals surface area contributed by atoms with Crippen LogP contribution in [0.4, 0.5) is 5.69 Å². The quantitative estimate of drug-likeness (QED) is 0.490. The number of anilines is 1. The summed E-state index contributed by atoms with van der Waals surface area (Å²) in [6, 6.07) is 12.4. The number of carbonyl (C=O) groups is 2. The number of unbranched alkanes of at least 4 members (excludes halogenated alkanes) is 1. The van der Waals surface area contributed by atoms with Crippen LogP contribution in [0.5, 0.6) is 0 Å². The van der Waals surface area contributed by atoms with Crippen molar-refractivity contribution in [3.63, 3.8) is 0 Å². The molecule has 7 nitrogen and oxygen atoms in total. The normalized spacial score (nSPS) is 12.2. The topological polar surface area (TPSA) is 86.8 Å². The lowest BCUT2D eigenvalue weighted by molar-refractivity contribution is -0.139. The summed E-state index contributed by atoms with van der Waals surface area (Å²) < 4.78 is 26.6. The van der Waals surface area contributed by atoms with Gasteiger partial charge in [0, 0.05) is 13.1 Å². The van der Waals surface area contributed by atoms with Gasteiger partial charge in [-0.3, -0.25) is 13.9 Å². The Balaban J connectivity index is 2.41. The zero-order valence-corrected chi connectivity index (χ0v) is 21.9. The molecule has 0 aromatic heterocycles. The molecule has 0 aliphatic carbocycles. The number of para-hydroxylation sites is 1. The van der Waals surface area contributed by atoms with Crippen LogP contribution in [-0.4, -0.2) is 50.5 Å². The molecule has 0 radical (unpaired) electrons. The molecule has 0 unspecified atom stereocenters. The standard InChI is InChI=1S/C26H37N3O4S/c1-7-8-15-27-26(31)22(5)28(17-23-14-9-11-19(2)16-23)24(30)18-29(34(6,32)33)25-20(3)12-10-13-21(25)4/h9-14,16,22H,7-8,15,17-18H2,1-6H3,(H,27,31)/t22-/m0/s1. The number of aryl methyl sites for hydroxylation is 3. The number of nitrogens with zero attached hydrogens (tertiary/aromatic N) is 2. The number of nitrogens with one attached hydrogen (secondary N) is 1. The molecule has 0 aliphatic rings. The summed E-state index contributed by atoms with van der Waals surface area (Å²) in [7, 11) is -3.75. The van der Waals surface area contributed by atoms with E-state index in [-0.39, 0.29) is 19.0 Å². The maximum atomic E-state index is 13.6. The fourth-order valence-corrected chi connectivity index (χ4v) is 4.87. The van der Waals surface area contributed by atoms with E-state index >= 15 is 0 Å². The second-order valence-electron chi connectivity index (χ2n) is 8.84. The van der Waals surface area contributed by atoms with Gasteiger partial charge in [0.15, 0.2) is 0 Å². The molecule has 1 N–H and O–H groups in total. The first-order chi connectivity index (χ1) is 16.0. The minimum Gasteiger partial charge on any atom is -0.354 e. The lowest BCUT2D eigenvalue weighted by Crippen LogP contribution is -2.51. The van der Waals surface area contributed by atoms with Crippen molar-refractivity contribution in [2.45, 2.75) is 60.0 Å². The van der Waals surface area contributed by atoms with E-state index in [2.05, 4.69) is 5.32 Å². The number of hydrogen-bond donors (Lipinski definition) is 1. The number of benzene rings is 2. The summed E-state index contributed by atoms with van der Waals surface area (Å²) in [5, 5.41) is 2.88. The molecule has 0 aliphatic heterocycles. The highest BCUT2D eigenvalue weighted by Crippen LogP contribution is 2.27. The van der Waals surface area contributed by atoms with Crippen LogP contribution in [0.3, 0.4) is 0 Å². The minimum atomic E-state index is -3.75. The molecule has 2 aromatic carbocycles. The maximum Gasteiger partial charge on any atom is 0.244 e. The van der Waals surface area contributed by atoms with E-state index in [4.69, 9.17) is 0 Å². The van der Waals surface area contributed by atoms with Gasteiger partial charge in [0.2, 0.25) is 21.8 Å². The van der Waals surface area contributed by atoms with Crippen LogP contribution in [-0.2, 0) is 26.2 Å². The van der Waals surface area contributed by atoms with Crippen molar-refractivity contribution in [3.8, 4) is 0 Å². The summed E-state index contributed by atoms with van der Waals surface area (Å²) in [5.74, 6) is -0.694. The Morgan fingerprint density at radius 2 is 1.65 bits per heavy atom. The Morgan fingerprint density at radius 1 is 1.03 bits per heavy atom. The molecular formula is C26H37N3O4S. The van der Waals surface area contributed by atoms with Gasteiger partial charge in [0.05, 0.1) is 11.9 Å². The van der Waals surface area contributed by atoms with Gasteiger partial charge in [-0.05, 0) is 50.8 Å². The third-order valence-electron chi connectivity index (χ3n) is 5.80. The average molecular weight is 488 g/mol. The summed E-state index contributed by atoms with van der Waals surface area (Å²) >= 11 is 0. The van der Waals surface area contributed by atoms with Gasteiger partial charge in [-0.25, -0.2) is 8.42 Å². The van der Waals surface area contributed by atoms with Crippen molar-refractivity contribution in [2.24, 2.45) is 0 Å².